The van der Waals surface area contributed by atoms with E-state index in [-0.39, 0.29) is 5.91 Å². The van der Waals surface area contributed by atoms with Gasteiger partial charge in [0, 0.05) is 18.7 Å². The van der Waals surface area contributed by atoms with E-state index in [9.17, 15) is 4.79 Å². The molecule has 0 fully saturated rings. The Morgan fingerprint density at radius 1 is 1.07 bits per heavy atom. The highest BCUT2D eigenvalue weighted by atomic mass is 16.2. The van der Waals surface area contributed by atoms with Crippen LogP contribution in [0.5, 0.6) is 0 Å². The third kappa shape index (κ3) is 5.60. The second-order valence-electron chi connectivity index (χ2n) is 3.96. The molecule has 88 valence electrons. The van der Waals surface area contributed by atoms with Crippen molar-refractivity contribution in [3.05, 3.63) is 12.2 Å². The van der Waals surface area contributed by atoms with Crippen LogP contribution in [0.4, 0.5) is 0 Å². The Morgan fingerprint density at radius 2 is 1.53 bits per heavy atom. The molecule has 2 nitrogen and oxygen atoms in total. The van der Waals surface area contributed by atoms with Crippen molar-refractivity contribution in [2.45, 2.75) is 52.9 Å². The number of rotatable bonds is 8. The van der Waals surface area contributed by atoms with Gasteiger partial charge in [-0.2, -0.15) is 0 Å². The molecule has 0 saturated carbocycles. The SMILES string of the molecule is C=C(CC)C(=O)N(CCCC)CCCC. The number of carbonyl (C=O) groups excluding carboxylic acids is 1. The third-order valence-corrected chi connectivity index (χ3v) is 2.58. The average Bonchev–Trinajstić information content (AvgIpc) is 2.27. The normalized spacial score (nSPS) is 10.1. The molecule has 2 heteroatoms. The van der Waals surface area contributed by atoms with E-state index in [2.05, 4.69) is 20.4 Å². The van der Waals surface area contributed by atoms with E-state index in [1.807, 2.05) is 11.8 Å². The van der Waals surface area contributed by atoms with Crippen molar-refractivity contribution in [3.63, 3.8) is 0 Å². The van der Waals surface area contributed by atoms with Gasteiger partial charge in [-0.1, -0.05) is 40.2 Å². The zero-order valence-electron chi connectivity index (χ0n) is 10.5. The van der Waals surface area contributed by atoms with Crippen LogP contribution in [0.15, 0.2) is 12.2 Å². The molecule has 0 radical (unpaired) electrons. The summed E-state index contributed by atoms with van der Waals surface area (Å²) < 4.78 is 0. The molecule has 0 saturated heterocycles. The van der Waals surface area contributed by atoms with E-state index >= 15 is 0 Å². The summed E-state index contributed by atoms with van der Waals surface area (Å²) in [7, 11) is 0. The fourth-order valence-electron chi connectivity index (χ4n) is 1.39. The highest BCUT2D eigenvalue weighted by Gasteiger charge is 2.13. The molecule has 0 unspecified atom stereocenters. The van der Waals surface area contributed by atoms with Gasteiger partial charge in [-0.25, -0.2) is 0 Å². The highest BCUT2D eigenvalue weighted by molar-refractivity contribution is 5.92. The van der Waals surface area contributed by atoms with Gasteiger partial charge in [0.15, 0.2) is 0 Å². The molecule has 0 aromatic heterocycles. The minimum atomic E-state index is 0.152. The van der Waals surface area contributed by atoms with Crippen molar-refractivity contribution >= 4 is 5.91 Å². The molecule has 0 rings (SSSR count). The first kappa shape index (κ1) is 14.2. The summed E-state index contributed by atoms with van der Waals surface area (Å²) in [5.41, 5.74) is 0.738. The van der Waals surface area contributed by atoms with Crippen molar-refractivity contribution in [1.82, 2.24) is 4.90 Å². The maximum absolute atomic E-state index is 11.9. The zero-order chi connectivity index (χ0) is 11.7. The Kier molecular flexibility index (Phi) is 8.06. The lowest BCUT2D eigenvalue weighted by Gasteiger charge is -2.23. The van der Waals surface area contributed by atoms with Crippen molar-refractivity contribution < 1.29 is 4.79 Å². The van der Waals surface area contributed by atoms with Gasteiger partial charge in [-0.15, -0.1) is 0 Å². The topological polar surface area (TPSA) is 20.3 Å². The quantitative estimate of drug-likeness (QED) is 0.564. The molecule has 0 aromatic carbocycles. The van der Waals surface area contributed by atoms with Gasteiger partial charge in [0.25, 0.3) is 0 Å². The molecule has 0 aromatic rings. The number of hydrogen-bond acceptors (Lipinski definition) is 1. The van der Waals surface area contributed by atoms with Crippen molar-refractivity contribution in [2.75, 3.05) is 13.1 Å². The summed E-state index contributed by atoms with van der Waals surface area (Å²) >= 11 is 0. The molecule has 15 heavy (non-hydrogen) atoms. The van der Waals surface area contributed by atoms with Crippen molar-refractivity contribution in [1.29, 1.82) is 0 Å². The van der Waals surface area contributed by atoms with Crippen LogP contribution in [0.25, 0.3) is 0 Å². The zero-order valence-corrected chi connectivity index (χ0v) is 10.5. The van der Waals surface area contributed by atoms with Crippen LogP contribution >= 0.6 is 0 Å². The van der Waals surface area contributed by atoms with Crippen molar-refractivity contribution in [2.24, 2.45) is 0 Å². The van der Waals surface area contributed by atoms with Crippen LogP contribution in [0, 0.1) is 0 Å². The van der Waals surface area contributed by atoms with Crippen LogP contribution in [0.3, 0.4) is 0 Å². The first-order valence-corrected chi connectivity index (χ1v) is 6.14. The molecular formula is C13H25NO. The standard InChI is InChI=1S/C13H25NO/c1-5-8-10-14(11-9-6-2)13(15)12(4)7-3/h4-11H2,1-3H3. The van der Waals surface area contributed by atoms with Gasteiger partial charge in [-0.3, -0.25) is 4.79 Å². The maximum atomic E-state index is 11.9. The van der Waals surface area contributed by atoms with Crippen LogP contribution in [-0.4, -0.2) is 23.9 Å². The Labute approximate surface area is 94.4 Å². The molecule has 0 heterocycles. The number of unbranched alkanes of at least 4 members (excludes halogenated alkanes) is 2. The Hall–Kier alpha value is -0.790. The number of nitrogens with zero attached hydrogens (tertiary/aromatic N) is 1. The maximum Gasteiger partial charge on any atom is 0.249 e. The second kappa shape index (κ2) is 8.51. The highest BCUT2D eigenvalue weighted by Crippen LogP contribution is 2.07. The fourth-order valence-corrected chi connectivity index (χ4v) is 1.39. The van der Waals surface area contributed by atoms with E-state index in [4.69, 9.17) is 0 Å². The summed E-state index contributed by atoms with van der Waals surface area (Å²) in [6.07, 6.45) is 5.20. The van der Waals surface area contributed by atoms with Crippen LogP contribution in [0.1, 0.15) is 52.9 Å². The average molecular weight is 211 g/mol. The van der Waals surface area contributed by atoms with Crippen LogP contribution in [0.2, 0.25) is 0 Å². The monoisotopic (exact) mass is 211 g/mol. The first-order valence-electron chi connectivity index (χ1n) is 6.14. The van der Waals surface area contributed by atoms with Gasteiger partial charge < -0.3 is 4.90 Å². The summed E-state index contributed by atoms with van der Waals surface area (Å²) in [5, 5.41) is 0. The van der Waals surface area contributed by atoms with Crippen LogP contribution in [-0.2, 0) is 4.79 Å². The lowest BCUT2D eigenvalue weighted by molar-refractivity contribution is -0.127. The minimum Gasteiger partial charge on any atom is -0.339 e. The lowest BCUT2D eigenvalue weighted by atomic mass is 10.2. The van der Waals surface area contributed by atoms with E-state index in [1.165, 1.54) is 0 Å². The summed E-state index contributed by atoms with van der Waals surface area (Å²) in [6.45, 7) is 11.9. The second-order valence-corrected chi connectivity index (χ2v) is 3.96. The number of carbonyl (C=O) groups is 1. The molecular weight excluding hydrogens is 186 g/mol. The molecule has 0 N–H and O–H groups in total. The molecule has 0 bridgehead atoms. The van der Waals surface area contributed by atoms with Crippen LogP contribution < -0.4 is 0 Å². The Morgan fingerprint density at radius 3 is 1.87 bits per heavy atom. The number of hydrogen-bond donors (Lipinski definition) is 0. The fraction of sp³-hybridized carbons (Fsp3) is 0.769. The lowest BCUT2D eigenvalue weighted by Crippen LogP contribution is -2.33. The largest absolute Gasteiger partial charge is 0.339 e. The van der Waals surface area contributed by atoms with Crippen molar-refractivity contribution in [3.8, 4) is 0 Å². The van der Waals surface area contributed by atoms with Gasteiger partial charge in [0.2, 0.25) is 5.91 Å². The van der Waals surface area contributed by atoms with Gasteiger partial charge in [0.1, 0.15) is 0 Å². The molecule has 0 aliphatic heterocycles. The summed E-state index contributed by atoms with van der Waals surface area (Å²) in [5.74, 6) is 0.152. The Balaban J connectivity index is 4.19. The first-order chi connectivity index (χ1) is 7.17. The summed E-state index contributed by atoms with van der Waals surface area (Å²) in [6, 6.07) is 0. The van der Waals surface area contributed by atoms with Gasteiger partial charge in [-0.05, 0) is 19.3 Å². The van der Waals surface area contributed by atoms with E-state index in [1.54, 1.807) is 0 Å². The number of amides is 1. The third-order valence-electron chi connectivity index (χ3n) is 2.58. The van der Waals surface area contributed by atoms with Gasteiger partial charge in [0.05, 0.1) is 0 Å². The van der Waals surface area contributed by atoms with E-state index in [0.717, 1.165) is 50.8 Å². The smallest absolute Gasteiger partial charge is 0.249 e. The molecule has 1 amide bonds. The van der Waals surface area contributed by atoms with Gasteiger partial charge >= 0.3 is 0 Å². The Bertz CT molecular complexity index is 191. The summed E-state index contributed by atoms with van der Waals surface area (Å²) in [4.78, 5) is 13.9. The van der Waals surface area contributed by atoms with E-state index < -0.39 is 0 Å². The minimum absolute atomic E-state index is 0.152. The predicted molar refractivity (Wildman–Crippen MR) is 65.8 cm³/mol. The molecule has 0 aliphatic carbocycles. The predicted octanol–water partition coefficient (Wildman–Crippen LogP) is 3.38. The molecule has 0 atom stereocenters. The molecule has 0 spiro atoms. The van der Waals surface area contributed by atoms with E-state index in [0.29, 0.717) is 0 Å². The molecule has 0 aliphatic rings.